The van der Waals surface area contributed by atoms with Crippen molar-refractivity contribution < 1.29 is 23.9 Å². The van der Waals surface area contributed by atoms with Crippen molar-refractivity contribution in [1.82, 2.24) is 5.32 Å². The van der Waals surface area contributed by atoms with Gasteiger partial charge in [0.15, 0.2) is 11.5 Å². The Kier molecular flexibility index (Phi) is 9.53. The number of hydrogen-bond acceptors (Lipinski definition) is 5. The van der Waals surface area contributed by atoms with E-state index in [1.54, 1.807) is 24.3 Å². The predicted molar refractivity (Wildman–Crippen MR) is 142 cm³/mol. The quantitative estimate of drug-likeness (QED) is 0.215. The SMILES string of the molecule is CCCCCCCCOc1c(Cl)cc(/C=C2/C(=O)NC(=O)N(c3ccc(C)c(C)c3)C2=O)cc1OC. The van der Waals surface area contributed by atoms with Crippen LogP contribution in [-0.2, 0) is 9.59 Å². The van der Waals surface area contributed by atoms with Gasteiger partial charge in [-0.15, -0.1) is 0 Å². The molecule has 0 aliphatic carbocycles. The molecule has 8 heteroatoms. The minimum absolute atomic E-state index is 0.188. The number of amides is 4. The molecule has 0 bridgehead atoms. The number of unbranched alkanes of at least 4 members (excludes halogenated alkanes) is 5. The molecule has 0 atom stereocenters. The molecule has 0 aromatic heterocycles. The third kappa shape index (κ3) is 6.46. The number of aryl methyl sites for hydroxylation is 2. The maximum absolute atomic E-state index is 13.2. The number of methoxy groups -OCH3 is 1. The molecule has 1 N–H and O–H groups in total. The van der Waals surface area contributed by atoms with Crippen molar-refractivity contribution in [2.75, 3.05) is 18.6 Å². The van der Waals surface area contributed by atoms with Crippen LogP contribution >= 0.6 is 11.6 Å². The van der Waals surface area contributed by atoms with E-state index in [1.807, 2.05) is 19.9 Å². The van der Waals surface area contributed by atoms with Gasteiger partial charge in [0.1, 0.15) is 5.57 Å². The van der Waals surface area contributed by atoms with Crippen LogP contribution in [0, 0.1) is 13.8 Å². The molecule has 0 saturated carbocycles. The third-order valence-corrected chi connectivity index (χ3v) is 6.44. The summed E-state index contributed by atoms with van der Waals surface area (Å²) in [5, 5.41) is 2.54. The molecule has 1 aliphatic heterocycles. The Balaban J connectivity index is 1.81. The summed E-state index contributed by atoms with van der Waals surface area (Å²) in [6.07, 6.45) is 8.23. The van der Waals surface area contributed by atoms with Crippen molar-refractivity contribution in [1.29, 1.82) is 0 Å². The average Bonchev–Trinajstić information content (AvgIpc) is 2.84. The summed E-state index contributed by atoms with van der Waals surface area (Å²) in [4.78, 5) is 39.2. The number of hydrogen-bond donors (Lipinski definition) is 1. The molecule has 192 valence electrons. The van der Waals surface area contributed by atoms with Crippen molar-refractivity contribution in [2.24, 2.45) is 0 Å². The molecule has 1 aliphatic rings. The van der Waals surface area contributed by atoms with Crippen LogP contribution in [0.15, 0.2) is 35.9 Å². The summed E-state index contributed by atoms with van der Waals surface area (Å²) < 4.78 is 11.3. The molecule has 1 saturated heterocycles. The van der Waals surface area contributed by atoms with Gasteiger partial charge in [0.2, 0.25) is 0 Å². The first-order chi connectivity index (χ1) is 17.3. The van der Waals surface area contributed by atoms with Gasteiger partial charge in [-0.1, -0.05) is 56.7 Å². The van der Waals surface area contributed by atoms with Crippen molar-refractivity contribution in [3.63, 3.8) is 0 Å². The van der Waals surface area contributed by atoms with Gasteiger partial charge in [-0.05, 0) is 67.3 Å². The van der Waals surface area contributed by atoms with E-state index in [9.17, 15) is 14.4 Å². The first-order valence-corrected chi connectivity index (χ1v) is 12.6. The van der Waals surface area contributed by atoms with Crippen LogP contribution in [0.2, 0.25) is 5.02 Å². The summed E-state index contributed by atoms with van der Waals surface area (Å²) in [6.45, 7) is 6.52. The van der Waals surface area contributed by atoms with E-state index in [-0.39, 0.29) is 5.57 Å². The highest BCUT2D eigenvalue weighted by Crippen LogP contribution is 2.37. The summed E-state index contributed by atoms with van der Waals surface area (Å²) >= 11 is 6.48. The van der Waals surface area contributed by atoms with E-state index < -0.39 is 17.8 Å². The van der Waals surface area contributed by atoms with E-state index in [0.29, 0.717) is 34.4 Å². The fourth-order valence-electron chi connectivity index (χ4n) is 3.94. The number of nitrogens with zero attached hydrogens (tertiary/aromatic N) is 1. The van der Waals surface area contributed by atoms with Crippen LogP contribution in [0.3, 0.4) is 0 Å². The van der Waals surface area contributed by atoms with Gasteiger partial charge >= 0.3 is 6.03 Å². The highest BCUT2D eigenvalue weighted by atomic mass is 35.5. The summed E-state index contributed by atoms with van der Waals surface area (Å²) in [5.74, 6) is -0.679. The third-order valence-electron chi connectivity index (χ3n) is 6.16. The smallest absolute Gasteiger partial charge is 0.335 e. The lowest BCUT2D eigenvalue weighted by molar-refractivity contribution is -0.122. The molecule has 1 fully saturated rings. The first kappa shape index (κ1) is 27.3. The van der Waals surface area contributed by atoms with Gasteiger partial charge in [-0.2, -0.15) is 0 Å². The Morgan fingerprint density at radius 1 is 0.972 bits per heavy atom. The van der Waals surface area contributed by atoms with E-state index in [0.717, 1.165) is 28.9 Å². The van der Waals surface area contributed by atoms with Gasteiger partial charge < -0.3 is 9.47 Å². The lowest BCUT2D eigenvalue weighted by Gasteiger charge is -2.27. The Hall–Kier alpha value is -3.32. The number of ether oxygens (including phenoxy) is 2. The van der Waals surface area contributed by atoms with Crippen molar-refractivity contribution in [3.8, 4) is 11.5 Å². The highest BCUT2D eigenvalue weighted by Gasteiger charge is 2.37. The molecule has 4 amide bonds. The maximum atomic E-state index is 13.2. The van der Waals surface area contributed by atoms with E-state index in [1.165, 1.54) is 38.9 Å². The molecule has 0 unspecified atom stereocenters. The van der Waals surface area contributed by atoms with Gasteiger partial charge in [0.25, 0.3) is 11.8 Å². The predicted octanol–water partition coefficient (Wildman–Crippen LogP) is 6.37. The van der Waals surface area contributed by atoms with Crippen LogP contribution < -0.4 is 19.7 Å². The van der Waals surface area contributed by atoms with Crippen molar-refractivity contribution >= 4 is 41.2 Å². The fraction of sp³-hybridized carbons (Fsp3) is 0.393. The molecule has 2 aromatic carbocycles. The molecule has 0 spiro atoms. The second kappa shape index (κ2) is 12.6. The number of benzene rings is 2. The Bertz CT molecular complexity index is 1170. The Labute approximate surface area is 217 Å². The van der Waals surface area contributed by atoms with Gasteiger partial charge in [-0.3, -0.25) is 14.9 Å². The maximum Gasteiger partial charge on any atom is 0.335 e. The number of nitrogens with one attached hydrogen (secondary N) is 1. The summed E-state index contributed by atoms with van der Waals surface area (Å²) in [5.41, 5.74) is 2.61. The zero-order chi connectivity index (χ0) is 26.2. The van der Waals surface area contributed by atoms with Gasteiger partial charge in [0, 0.05) is 0 Å². The minimum Gasteiger partial charge on any atom is -0.493 e. The van der Waals surface area contributed by atoms with E-state index in [4.69, 9.17) is 21.1 Å². The molecule has 0 radical (unpaired) electrons. The zero-order valence-corrected chi connectivity index (χ0v) is 22.0. The molecule has 7 nitrogen and oxygen atoms in total. The van der Waals surface area contributed by atoms with Crippen LogP contribution in [0.5, 0.6) is 11.5 Å². The van der Waals surface area contributed by atoms with Crippen LogP contribution in [-0.4, -0.2) is 31.6 Å². The fourth-order valence-corrected chi connectivity index (χ4v) is 4.22. The van der Waals surface area contributed by atoms with E-state index in [2.05, 4.69) is 12.2 Å². The Morgan fingerprint density at radius 3 is 2.39 bits per heavy atom. The monoisotopic (exact) mass is 512 g/mol. The molecule has 2 aromatic rings. The van der Waals surface area contributed by atoms with Gasteiger partial charge in [-0.25, -0.2) is 9.69 Å². The molecular formula is C28H33ClN2O5. The molecule has 3 rings (SSSR count). The average molecular weight is 513 g/mol. The second-order valence-corrected chi connectivity index (χ2v) is 9.28. The van der Waals surface area contributed by atoms with Crippen molar-refractivity contribution in [2.45, 2.75) is 59.3 Å². The number of carbonyl (C=O) groups is 3. The summed E-state index contributed by atoms with van der Waals surface area (Å²) in [6, 6.07) is 7.68. The second-order valence-electron chi connectivity index (χ2n) is 8.88. The topological polar surface area (TPSA) is 84.9 Å². The summed E-state index contributed by atoms with van der Waals surface area (Å²) in [7, 11) is 1.50. The number of imide groups is 2. The lowest BCUT2D eigenvalue weighted by atomic mass is 10.0. The first-order valence-electron chi connectivity index (χ1n) is 12.3. The zero-order valence-electron chi connectivity index (χ0n) is 21.3. The molecule has 36 heavy (non-hydrogen) atoms. The van der Waals surface area contributed by atoms with Crippen LogP contribution in [0.1, 0.15) is 62.1 Å². The number of barbiturate groups is 1. The number of carbonyl (C=O) groups excluding carboxylic acids is 3. The Morgan fingerprint density at radius 2 is 1.69 bits per heavy atom. The van der Waals surface area contributed by atoms with Crippen LogP contribution in [0.25, 0.3) is 6.08 Å². The lowest BCUT2D eigenvalue weighted by Crippen LogP contribution is -2.54. The van der Waals surface area contributed by atoms with Crippen LogP contribution in [0.4, 0.5) is 10.5 Å². The number of urea groups is 1. The van der Waals surface area contributed by atoms with Crippen molar-refractivity contribution in [3.05, 3.63) is 57.6 Å². The largest absolute Gasteiger partial charge is 0.493 e. The normalized spacial score (nSPS) is 14.9. The molecular weight excluding hydrogens is 480 g/mol. The number of anilines is 1. The minimum atomic E-state index is -0.792. The molecule has 1 heterocycles. The standard InChI is InChI=1S/C28H33ClN2O5/c1-5-6-7-8-9-10-13-36-25-23(29)16-20(17-24(25)35-4)15-22-26(32)30-28(34)31(27(22)33)21-12-11-18(2)19(3)14-21/h11-12,14-17H,5-10,13H2,1-4H3,(H,30,32,34)/b22-15-. The van der Waals surface area contributed by atoms with E-state index >= 15 is 0 Å². The highest BCUT2D eigenvalue weighted by molar-refractivity contribution is 6.39. The number of rotatable bonds is 11. The number of halogens is 1. The van der Waals surface area contributed by atoms with Gasteiger partial charge in [0.05, 0.1) is 24.4 Å².